The minimum atomic E-state index is -0.401. The van der Waals surface area contributed by atoms with Crippen LogP contribution in [0.4, 0.5) is 17.2 Å². The molecule has 0 saturated carbocycles. The molecule has 1 atom stereocenters. The Hall–Kier alpha value is -2.84. The SMILES string of the molecule is C=c1nc2c(c(=O)[nH]1)=Nc1cc(C)c(C)cc1N2CCNCCCC(N)C=O. The molecule has 1 aromatic carbocycles. The highest BCUT2D eigenvalue weighted by molar-refractivity contribution is 5.77. The van der Waals surface area contributed by atoms with E-state index in [0.29, 0.717) is 36.2 Å². The van der Waals surface area contributed by atoms with Crippen LogP contribution >= 0.6 is 0 Å². The van der Waals surface area contributed by atoms with Gasteiger partial charge in [-0.1, -0.05) is 6.58 Å². The highest BCUT2D eigenvalue weighted by atomic mass is 16.1. The van der Waals surface area contributed by atoms with E-state index in [9.17, 15) is 9.59 Å². The van der Waals surface area contributed by atoms with Gasteiger partial charge in [0, 0.05) is 13.1 Å². The molecule has 1 aliphatic heterocycles. The summed E-state index contributed by atoms with van der Waals surface area (Å²) in [5.74, 6) is 0.522. The molecule has 0 fully saturated rings. The number of rotatable bonds is 8. The molecule has 2 heterocycles. The van der Waals surface area contributed by atoms with E-state index in [4.69, 9.17) is 5.73 Å². The van der Waals surface area contributed by atoms with Crippen LogP contribution < -0.4 is 32.3 Å². The molecule has 0 bridgehead atoms. The first-order chi connectivity index (χ1) is 13.4. The number of aromatic amines is 1. The van der Waals surface area contributed by atoms with Crippen LogP contribution in [0.2, 0.25) is 0 Å². The maximum Gasteiger partial charge on any atom is 0.279 e. The molecule has 8 heteroatoms. The van der Waals surface area contributed by atoms with Crippen LogP contribution in [0, 0.1) is 13.8 Å². The molecule has 3 rings (SSSR count). The molecule has 0 saturated heterocycles. The van der Waals surface area contributed by atoms with Crippen molar-refractivity contribution >= 4 is 30.1 Å². The molecule has 1 aromatic heterocycles. The number of carbonyl (C=O) groups excluding carboxylic acids is 1. The standard InChI is InChI=1S/C20H26N6O2/c1-12-9-16-17(10-13(12)2)26(8-7-22-6-4-5-15(21)11-27)19-18(25-16)20(28)24-14(3)23-19/h9-11,15,22H,3-8,21H2,1-2H3,(H,24,28). The number of H-pyrrole nitrogens is 1. The van der Waals surface area contributed by atoms with Crippen LogP contribution in [-0.4, -0.2) is 41.9 Å². The summed E-state index contributed by atoms with van der Waals surface area (Å²) >= 11 is 0. The van der Waals surface area contributed by atoms with E-state index >= 15 is 0 Å². The largest absolute Gasteiger partial charge is 0.322 e. The van der Waals surface area contributed by atoms with Gasteiger partial charge >= 0.3 is 0 Å². The third-order valence-electron chi connectivity index (χ3n) is 4.87. The molecule has 148 valence electrons. The Morgan fingerprint density at radius 1 is 1.32 bits per heavy atom. The highest BCUT2D eigenvalue weighted by Crippen LogP contribution is 2.36. The summed E-state index contributed by atoms with van der Waals surface area (Å²) < 4.78 is 0. The van der Waals surface area contributed by atoms with Crippen molar-refractivity contribution in [2.75, 3.05) is 24.5 Å². The Morgan fingerprint density at radius 3 is 2.82 bits per heavy atom. The molecule has 1 aliphatic rings. The average Bonchev–Trinajstić information content (AvgIpc) is 2.65. The van der Waals surface area contributed by atoms with Gasteiger partial charge in [-0.25, -0.2) is 9.98 Å². The second-order valence-corrected chi connectivity index (χ2v) is 7.07. The van der Waals surface area contributed by atoms with Crippen LogP contribution in [0.15, 0.2) is 21.9 Å². The lowest BCUT2D eigenvalue weighted by atomic mass is 10.1. The van der Waals surface area contributed by atoms with Gasteiger partial charge < -0.3 is 25.7 Å². The molecule has 28 heavy (non-hydrogen) atoms. The zero-order valence-electron chi connectivity index (χ0n) is 16.3. The number of nitrogens with one attached hydrogen (secondary N) is 2. The van der Waals surface area contributed by atoms with E-state index in [2.05, 4.69) is 39.8 Å². The molecule has 0 radical (unpaired) electrons. The minimum Gasteiger partial charge on any atom is -0.322 e. The summed E-state index contributed by atoms with van der Waals surface area (Å²) in [6.07, 6.45) is 2.25. The number of nitrogens with two attached hydrogens (primary N) is 1. The number of hydrogen-bond donors (Lipinski definition) is 3. The van der Waals surface area contributed by atoms with Crippen LogP contribution in [0.1, 0.15) is 24.0 Å². The normalized spacial score (nSPS) is 13.5. The van der Waals surface area contributed by atoms with Crippen LogP contribution in [0.5, 0.6) is 0 Å². The van der Waals surface area contributed by atoms with Crippen molar-refractivity contribution in [3.8, 4) is 0 Å². The van der Waals surface area contributed by atoms with Gasteiger partial charge in [0.15, 0.2) is 11.2 Å². The Balaban J connectivity index is 1.84. The van der Waals surface area contributed by atoms with Crippen LogP contribution in [0.25, 0.3) is 6.58 Å². The van der Waals surface area contributed by atoms with E-state index in [-0.39, 0.29) is 5.56 Å². The number of hydrogen-bond acceptors (Lipinski definition) is 7. The predicted molar refractivity (Wildman–Crippen MR) is 110 cm³/mol. The summed E-state index contributed by atoms with van der Waals surface area (Å²) in [5, 5.41) is 3.66. The minimum absolute atomic E-state index is 0.292. The number of carbonyl (C=O) groups is 1. The number of benzene rings is 1. The lowest BCUT2D eigenvalue weighted by Gasteiger charge is -2.28. The van der Waals surface area contributed by atoms with Gasteiger partial charge in [-0.05, 0) is 56.5 Å². The number of aromatic nitrogens is 2. The van der Waals surface area contributed by atoms with Crippen molar-refractivity contribution in [1.82, 2.24) is 15.3 Å². The molecular formula is C20H26N6O2. The fraction of sp³-hybridized carbons (Fsp3) is 0.400. The van der Waals surface area contributed by atoms with Gasteiger partial charge in [0.1, 0.15) is 11.8 Å². The van der Waals surface area contributed by atoms with Gasteiger partial charge in [0.2, 0.25) is 0 Å². The van der Waals surface area contributed by atoms with Gasteiger partial charge in [0.25, 0.3) is 5.56 Å². The molecule has 0 aliphatic carbocycles. The maximum absolute atomic E-state index is 12.4. The quantitative estimate of drug-likeness (QED) is 0.440. The number of aryl methyl sites for hydroxylation is 2. The van der Waals surface area contributed by atoms with Gasteiger partial charge in [0.05, 0.1) is 17.4 Å². The molecule has 8 nitrogen and oxygen atoms in total. The van der Waals surface area contributed by atoms with Gasteiger partial charge in [-0.3, -0.25) is 4.79 Å². The molecule has 2 aromatic rings. The second kappa shape index (κ2) is 8.45. The van der Waals surface area contributed by atoms with Crippen LogP contribution in [0.3, 0.4) is 0 Å². The number of fused-ring (bicyclic) bond motifs is 2. The molecule has 1 unspecified atom stereocenters. The first-order valence-electron chi connectivity index (χ1n) is 9.39. The predicted octanol–water partition coefficient (Wildman–Crippen LogP) is 0.0958. The highest BCUT2D eigenvalue weighted by Gasteiger charge is 2.23. The maximum atomic E-state index is 12.4. The van der Waals surface area contributed by atoms with Crippen molar-refractivity contribution in [3.05, 3.63) is 44.5 Å². The van der Waals surface area contributed by atoms with E-state index in [1.807, 2.05) is 17.9 Å². The summed E-state index contributed by atoms with van der Waals surface area (Å²) in [4.78, 5) is 36.6. The smallest absolute Gasteiger partial charge is 0.279 e. The lowest BCUT2D eigenvalue weighted by molar-refractivity contribution is -0.109. The second-order valence-electron chi connectivity index (χ2n) is 7.07. The summed E-state index contributed by atoms with van der Waals surface area (Å²) in [6, 6.07) is 3.67. The lowest BCUT2D eigenvalue weighted by Crippen LogP contribution is -2.44. The topological polar surface area (TPSA) is 116 Å². The third-order valence-corrected chi connectivity index (χ3v) is 4.87. The van der Waals surface area contributed by atoms with Gasteiger partial charge in [-0.15, -0.1) is 0 Å². The number of nitrogens with zero attached hydrogens (tertiary/aromatic N) is 3. The number of aldehydes is 1. The first-order valence-corrected chi connectivity index (χ1v) is 9.39. The molecule has 0 amide bonds. The Kier molecular flexibility index (Phi) is 6.01. The fourth-order valence-corrected chi connectivity index (χ4v) is 3.19. The van der Waals surface area contributed by atoms with Crippen LogP contribution in [-0.2, 0) is 4.79 Å². The van der Waals surface area contributed by atoms with Gasteiger partial charge in [-0.2, -0.15) is 0 Å². The van der Waals surface area contributed by atoms with Crippen molar-refractivity contribution < 1.29 is 4.79 Å². The van der Waals surface area contributed by atoms with E-state index in [0.717, 1.165) is 41.8 Å². The van der Waals surface area contributed by atoms with Crippen molar-refractivity contribution in [2.24, 2.45) is 10.7 Å². The van der Waals surface area contributed by atoms with E-state index in [1.54, 1.807) is 0 Å². The Bertz CT molecular complexity index is 1050. The zero-order valence-corrected chi connectivity index (χ0v) is 16.3. The number of anilines is 2. The average molecular weight is 382 g/mol. The third kappa shape index (κ3) is 4.18. The Labute approximate surface area is 163 Å². The molecule has 0 spiro atoms. The summed E-state index contributed by atoms with van der Waals surface area (Å²) in [5.41, 5.74) is 9.58. The van der Waals surface area contributed by atoms with Crippen molar-refractivity contribution in [1.29, 1.82) is 0 Å². The molecule has 4 N–H and O–H groups in total. The monoisotopic (exact) mass is 382 g/mol. The molecular weight excluding hydrogens is 356 g/mol. The van der Waals surface area contributed by atoms with Crippen molar-refractivity contribution in [3.63, 3.8) is 0 Å². The van der Waals surface area contributed by atoms with E-state index < -0.39 is 6.04 Å². The zero-order chi connectivity index (χ0) is 20.3. The Morgan fingerprint density at radius 2 is 2.07 bits per heavy atom. The van der Waals surface area contributed by atoms with E-state index in [1.165, 1.54) is 0 Å². The fourth-order valence-electron chi connectivity index (χ4n) is 3.19. The summed E-state index contributed by atoms with van der Waals surface area (Å²) in [7, 11) is 0. The first kappa shape index (κ1) is 19.9. The van der Waals surface area contributed by atoms with Crippen molar-refractivity contribution in [2.45, 2.75) is 32.7 Å². The summed E-state index contributed by atoms with van der Waals surface area (Å²) in [6.45, 7) is 9.91.